The molecule has 0 fully saturated rings. The van der Waals surface area contributed by atoms with Crippen molar-refractivity contribution < 1.29 is 9.53 Å². The van der Waals surface area contributed by atoms with Gasteiger partial charge in [-0.15, -0.1) is 0 Å². The Morgan fingerprint density at radius 3 is 1.71 bits per heavy atom. The van der Waals surface area contributed by atoms with E-state index in [-0.39, 0.29) is 5.97 Å². The molecule has 0 spiro atoms. The minimum absolute atomic E-state index is 0.00885. The molecule has 0 rings (SSSR count). The van der Waals surface area contributed by atoms with Crippen molar-refractivity contribution in [2.75, 3.05) is 6.61 Å². The van der Waals surface area contributed by atoms with Crippen molar-refractivity contribution in [3.63, 3.8) is 0 Å². The van der Waals surface area contributed by atoms with E-state index in [1.807, 2.05) is 0 Å². The summed E-state index contributed by atoms with van der Waals surface area (Å²) in [6.45, 7) is 7.49. The van der Waals surface area contributed by atoms with Gasteiger partial charge in [0.2, 0.25) is 0 Å². The van der Waals surface area contributed by atoms with Gasteiger partial charge in [0.15, 0.2) is 0 Å². The second-order valence-corrected chi connectivity index (χ2v) is 9.86. The van der Waals surface area contributed by atoms with Crippen molar-refractivity contribution in [3.8, 4) is 0 Å². The molecule has 0 aromatic carbocycles. The standard InChI is InChI=1S/C29H56O2/c1-4-5-6-7-8-9-10-11-12-13-14-15-16-20-23-26-29(30)31-27-24-21-18-17-19-22-25-28(2)3/h11-12,28H,4-10,13-27H2,1-3H3. The number of hydrogen-bond donors (Lipinski definition) is 0. The normalized spacial score (nSPS) is 11.6. The molecule has 0 aliphatic carbocycles. The average Bonchev–Trinajstić information content (AvgIpc) is 2.75. The van der Waals surface area contributed by atoms with Crippen LogP contribution in [0.25, 0.3) is 0 Å². The maximum absolute atomic E-state index is 11.8. The summed E-state index contributed by atoms with van der Waals surface area (Å²) in [5.74, 6) is 0.843. The molecule has 31 heavy (non-hydrogen) atoms. The molecule has 0 heterocycles. The Kier molecular flexibility index (Phi) is 24.8. The number of carbonyl (C=O) groups excluding carboxylic acids is 1. The molecular formula is C29H56O2. The highest BCUT2D eigenvalue weighted by Crippen LogP contribution is 2.12. The first-order valence-corrected chi connectivity index (χ1v) is 14.0. The second-order valence-electron chi connectivity index (χ2n) is 9.86. The Morgan fingerprint density at radius 1 is 0.645 bits per heavy atom. The van der Waals surface area contributed by atoms with Crippen LogP contribution in [-0.2, 0) is 9.53 Å². The Morgan fingerprint density at radius 2 is 1.13 bits per heavy atom. The summed E-state index contributed by atoms with van der Waals surface area (Å²) in [5.41, 5.74) is 0. The molecule has 2 nitrogen and oxygen atoms in total. The fraction of sp³-hybridized carbons (Fsp3) is 0.897. The molecule has 0 aromatic rings. The van der Waals surface area contributed by atoms with Crippen LogP contribution < -0.4 is 0 Å². The highest BCUT2D eigenvalue weighted by molar-refractivity contribution is 5.69. The van der Waals surface area contributed by atoms with Crippen LogP contribution in [0.1, 0.15) is 156 Å². The first-order chi connectivity index (χ1) is 15.2. The van der Waals surface area contributed by atoms with Gasteiger partial charge < -0.3 is 4.74 Å². The van der Waals surface area contributed by atoms with E-state index in [4.69, 9.17) is 4.74 Å². The number of rotatable bonds is 24. The van der Waals surface area contributed by atoms with Crippen LogP contribution in [0.2, 0.25) is 0 Å². The highest BCUT2D eigenvalue weighted by atomic mass is 16.5. The Hall–Kier alpha value is -0.790. The van der Waals surface area contributed by atoms with Crippen LogP contribution in [0.5, 0.6) is 0 Å². The van der Waals surface area contributed by atoms with Gasteiger partial charge >= 0.3 is 5.97 Å². The molecule has 0 bridgehead atoms. The lowest BCUT2D eigenvalue weighted by molar-refractivity contribution is -0.143. The summed E-state index contributed by atoms with van der Waals surface area (Å²) in [6, 6.07) is 0. The molecule has 0 aliphatic heterocycles. The molecule has 0 saturated heterocycles. The second kappa shape index (κ2) is 25.5. The van der Waals surface area contributed by atoms with Gasteiger partial charge in [0.1, 0.15) is 0 Å². The highest BCUT2D eigenvalue weighted by Gasteiger charge is 2.02. The SMILES string of the molecule is CCCCCCCCC=CCCCCCCCC(=O)OCCCCCCCCC(C)C. The van der Waals surface area contributed by atoms with Crippen LogP contribution in [0.15, 0.2) is 12.2 Å². The maximum Gasteiger partial charge on any atom is 0.305 e. The van der Waals surface area contributed by atoms with Gasteiger partial charge in [0.25, 0.3) is 0 Å². The van der Waals surface area contributed by atoms with Gasteiger partial charge in [-0.25, -0.2) is 0 Å². The molecule has 0 saturated carbocycles. The van der Waals surface area contributed by atoms with E-state index in [9.17, 15) is 4.79 Å². The van der Waals surface area contributed by atoms with Gasteiger partial charge in [0.05, 0.1) is 6.61 Å². The number of unbranched alkanes of at least 4 members (excludes halogenated alkanes) is 16. The molecule has 0 radical (unpaired) electrons. The molecule has 2 heteroatoms. The fourth-order valence-electron chi connectivity index (χ4n) is 3.96. The summed E-state index contributed by atoms with van der Waals surface area (Å²) in [4.78, 5) is 11.8. The van der Waals surface area contributed by atoms with Crippen molar-refractivity contribution in [2.24, 2.45) is 5.92 Å². The summed E-state index contributed by atoms with van der Waals surface area (Å²) in [5, 5.41) is 0. The first-order valence-electron chi connectivity index (χ1n) is 14.0. The minimum Gasteiger partial charge on any atom is -0.466 e. The van der Waals surface area contributed by atoms with Crippen molar-refractivity contribution >= 4 is 5.97 Å². The third kappa shape index (κ3) is 27.2. The smallest absolute Gasteiger partial charge is 0.305 e. The molecular weight excluding hydrogens is 380 g/mol. The molecule has 0 N–H and O–H groups in total. The minimum atomic E-state index is 0.00885. The van der Waals surface area contributed by atoms with E-state index < -0.39 is 0 Å². The molecule has 0 amide bonds. The fourth-order valence-corrected chi connectivity index (χ4v) is 3.96. The Balaban J connectivity index is 3.21. The van der Waals surface area contributed by atoms with Gasteiger partial charge in [-0.05, 0) is 44.4 Å². The van der Waals surface area contributed by atoms with Crippen LogP contribution in [0, 0.1) is 5.92 Å². The zero-order valence-electron chi connectivity index (χ0n) is 21.6. The van der Waals surface area contributed by atoms with E-state index in [0.29, 0.717) is 13.0 Å². The number of esters is 1. The van der Waals surface area contributed by atoms with Gasteiger partial charge in [-0.2, -0.15) is 0 Å². The lowest BCUT2D eigenvalue weighted by Crippen LogP contribution is -2.05. The zero-order chi connectivity index (χ0) is 22.8. The molecule has 0 atom stereocenters. The number of hydrogen-bond acceptors (Lipinski definition) is 2. The van der Waals surface area contributed by atoms with Crippen molar-refractivity contribution in [3.05, 3.63) is 12.2 Å². The molecule has 0 unspecified atom stereocenters. The van der Waals surface area contributed by atoms with Gasteiger partial charge in [0, 0.05) is 6.42 Å². The summed E-state index contributed by atoms with van der Waals surface area (Å²) >= 11 is 0. The van der Waals surface area contributed by atoms with E-state index in [0.717, 1.165) is 25.2 Å². The summed E-state index contributed by atoms with van der Waals surface area (Å²) in [7, 11) is 0. The van der Waals surface area contributed by atoms with Crippen LogP contribution in [0.4, 0.5) is 0 Å². The lowest BCUT2D eigenvalue weighted by Gasteiger charge is -2.06. The van der Waals surface area contributed by atoms with Crippen molar-refractivity contribution in [1.29, 1.82) is 0 Å². The van der Waals surface area contributed by atoms with Gasteiger partial charge in [-0.1, -0.05) is 123 Å². The third-order valence-corrected chi connectivity index (χ3v) is 6.08. The Bertz CT molecular complexity index is 386. The molecule has 0 aromatic heterocycles. The van der Waals surface area contributed by atoms with E-state index in [1.54, 1.807) is 0 Å². The predicted molar refractivity (Wildman–Crippen MR) is 138 cm³/mol. The Labute approximate surface area is 196 Å². The molecule has 184 valence electrons. The van der Waals surface area contributed by atoms with E-state index in [2.05, 4.69) is 32.9 Å². The average molecular weight is 437 g/mol. The topological polar surface area (TPSA) is 26.3 Å². The number of ether oxygens (including phenoxy) is 1. The van der Waals surface area contributed by atoms with Crippen LogP contribution in [-0.4, -0.2) is 12.6 Å². The maximum atomic E-state index is 11.8. The van der Waals surface area contributed by atoms with E-state index >= 15 is 0 Å². The predicted octanol–water partition coefficient (Wildman–Crippen LogP) is 9.95. The van der Waals surface area contributed by atoms with Gasteiger partial charge in [-0.3, -0.25) is 4.79 Å². The van der Waals surface area contributed by atoms with Crippen molar-refractivity contribution in [1.82, 2.24) is 0 Å². The first kappa shape index (κ1) is 30.2. The molecule has 0 aliphatic rings. The van der Waals surface area contributed by atoms with E-state index in [1.165, 1.54) is 109 Å². The third-order valence-electron chi connectivity index (χ3n) is 6.08. The summed E-state index contributed by atoms with van der Waals surface area (Å²) in [6.07, 6.45) is 31.0. The largest absolute Gasteiger partial charge is 0.466 e. The van der Waals surface area contributed by atoms with Crippen LogP contribution in [0.3, 0.4) is 0 Å². The van der Waals surface area contributed by atoms with Crippen molar-refractivity contribution in [2.45, 2.75) is 156 Å². The number of allylic oxidation sites excluding steroid dienone is 2. The zero-order valence-corrected chi connectivity index (χ0v) is 21.6. The lowest BCUT2D eigenvalue weighted by atomic mass is 10.0. The number of carbonyl (C=O) groups is 1. The van der Waals surface area contributed by atoms with Crippen LogP contribution >= 0.6 is 0 Å². The monoisotopic (exact) mass is 436 g/mol. The summed E-state index contributed by atoms with van der Waals surface area (Å²) < 4.78 is 5.37. The quantitative estimate of drug-likeness (QED) is 0.0854.